The average Bonchev–Trinajstić information content (AvgIpc) is 3.27. The monoisotopic (exact) mass is 382 g/mol. The highest BCUT2D eigenvalue weighted by Gasteiger charge is 2.21. The fourth-order valence-corrected chi connectivity index (χ4v) is 3.75. The number of amides is 1. The second-order valence-electron chi connectivity index (χ2n) is 7.36. The van der Waals surface area contributed by atoms with Crippen LogP contribution in [0.3, 0.4) is 0 Å². The molecule has 1 N–H and O–H groups in total. The zero-order valence-electron chi connectivity index (χ0n) is 16.5. The number of nitrogens with zero attached hydrogens (tertiary/aromatic N) is 3. The van der Waals surface area contributed by atoms with E-state index in [0.717, 1.165) is 22.1 Å². The van der Waals surface area contributed by atoms with Gasteiger partial charge in [0.25, 0.3) is 5.91 Å². The van der Waals surface area contributed by atoms with E-state index in [4.69, 9.17) is 0 Å². The van der Waals surface area contributed by atoms with Gasteiger partial charge in [-0.05, 0) is 25.0 Å². The van der Waals surface area contributed by atoms with Crippen LogP contribution in [-0.4, -0.2) is 20.7 Å². The molecule has 0 fully saturated rings. The van der Waals surface area contributed by atoms with Gasteiger partial charge in [0.05, 0.1) is 40.4 Å². The number of rotatable bonds is 6. The molecule has 0 saturated carbocycles. The summed E-state index contributed by atoms with van der Waals surface area (Å²) in [6, 6.07) is 8.15. The Hall–Kier alpha value is -2.47. The van der Waals surface area contributed by atoms with E-state index in [1.807, 2.05) is 22.2 Å². The summed E-state index contributed by atoms with van der Waals surface area (Å²) in [5, 5.41) is 10.6. The minimum absolute atomic E-state index is 0.115. The summed E-state index contributed by atoms with van der Waals surface area (Å²) < 4.78 is 1.86. The quantitative estimate of drug-likeness (QED) is 0.665. The third-order valence-electron chi connectivity index (χ3n) is 4.37. The van der Waals surface area contributed by atoms with Crippen molar-refractivity contribution in [3.8, 4) is 5.69 Å². The number of hydrogen-bond donors (Lipinski definition) is 1. The van der Waals surface area contributed by atoms with Gasteiger partial charge in [0.2, 0.25) is 0 Å². The standard InChI is InChI=1S/C21H26N4OS/c1-13(2)19-18(11-23-25(19)17-8-6-15(5)7-9-17)20(26)22-10-16-12-27-21(24-16)14(3)4/h6-9,11-14H,10H2,1-5H3,(H,22,26). The second kappa shape index (κ2) is 8.05. The van der Waals surface area contributed by atoms with Crippen LogP contribution in [0.25, 0.3) is 5.69 Å². The van der Waals surface area contributed by atoms with E-state index in [9.17, 15) is 4.79 Å². The molecule has 5 nitrogen and oxygen atoms in total. The largest absolute Gasteiger partial charge is 0.346 e. The van der Waals surface area contributed by atoms with Gasteiger partial charge in [0.1, 0.15) is 0 Å². The van der Waals surface area contributed by atoms with Gasteiger partial charge in [0, 0.05) is 11.3 Å². The van der Waals surface area contributed by atoms with Crippen LogP contribution in [-0.2, 0) is 6.54 Å². The van der Waals surface area contributed by atoms with Gasteiger partial charge in [-0.25, -0.2) is 9.67 Å². The lowest BCUT2D eigenvalue weighted by Crippen LogP contribution is -2.24. The maximum atomic E-state index is 12.8. The Bertz CT molecular complexity index is 922. The summed E-state index contributed by atoms with van der Waals surface area (Å²) in [5.74, 6) is 0.456. The molecule has 2 heterocycles. The molecule has 0 bridgehead atoms. The Morgan fingerprint density at radius 3 is 2.44 bits per heavy atom. The highest BCUT2D eigenvalue weighted by atomic mass is 32.1. The van der Waals surface area contributed by atoms with Gasteiger partial charge in [0.15, 0.2) is 0 Å². The van der Waals surface area contributed by atoms with Crippen molar-refractivity contribution in [2.45, 2.75) is 53.0 Å². The van der Waals surface area contributed by atoms with Crippen molar-refractivity contribution in [3.63, 3.8) is 0 Å². The molecule has 0 unspecified atom stereocenters. The summed E-state index contributed by atoms with van der Waals surface area (Å²) in [5.41, 5.74) is 4.58. The summed E-state index contributed by atoms with van der Waals surface area (Å²) in [7, 11) is 0. The fourth-order valence-electron chi connectivity index (χ4n) is 2.92. The van der Waals surface area contributed by atoms with E-state index in [2.05, 4.69) is 62.2 Å². The lowest BCUT2D eigenvalue weighted by molar-refractivity contribution is 0.0949. The summed E-state index contributed by atoms with van der Waals surface area (Å²) >= 11 is 1.64. The number of carbonyl (C=O) groups excluding carboxylic acids is 1. The molecular weight excluding hydrogens is 356 g/mol. The Morgan fingerprint density at radius 1 is 1.15 bits per heavy atom. The molecule has 0 atom stereocenters. The average molecular weight is 383 g/mol. The lowest BCUT2D eigenvalue weighted by Gasteiger charge is -2.13. The topological polar surface area (TPSA) is 59.8 Å². The van der Waals surface area contributed by atoms with Crippen molar-refractivity contribution in [3.05, 3.63) is 63.4 Å². The third-order valence-corrected chi connectivity index (χ3v) is 5.56. The first-order chi connectivity index (χ1) is 12.9. The van der Waals surface area contributed by atoms with Crippen molar-refractivity contribution < 1.29 is 4.79 Å². The molecule has 2 aromatic heterocycles. The summed E-state index contributed by atoms with van der Waals surface area (Å²) in [4.78, 5) is 17.4. The Labute approximate surface area is 164 Å². The van der Waals surface area contributed by atoms with Gasteiger partial charge in [-0.3, -0.25) is 4.79 Å². The van der Waals surface area contributed by atoms with Crippen molar-refractivity contribution >= 4 is 17.2 Å². The molecule has 0 saturated heterocycles. The highest BCUT2D eigenvalue weighted by Crippen LogP contribution is 2.24. The number of aryl methyl sites for hydroxylation is 1. The zero-order chi connectivity index (χ0) is 19.6. The third kappa shape index (κ3) is 4.27. The van der Waals surface area contributed by atoms with Crippen LogP contribution in [0.15, 0.2) is 35.8 Å². The molecule has 0 aliphatic heterocycles. The van der Waals surface area contributed by atoms with Crippen LogP contribution in [0.5, 0.6) is 0 Å². The van der Waals surface area contributed by atoms with Crippen molar-refractivity contribution in [2.24, 2.45) is 0 Å². The SMILES string of the molecule is Cc1ccc(-n2ncc(C(=O)NCc3csc(C(C)C)n3)c2C(C)C)cc1. The smallest absolute Gasteiger partial charge is 0.255 e. The van der Waals surface area contributed by atoms with Crippen LogP contribution in [0.4, 0.5) is 0 Å². The Balaban J connectivity index is 1.80. The first kappa shape index (κ1) is 19.3. The molecule has 3 rings (SSSR count). The molecule has 0 aliphatic carbocycles. The van der Waals surface area contributed by atoms with Crippen LogP contribution in [0.2, 0.25) is 0 Å². The molecular formula is C21H26N4OS. The van der Waals surface area contributed by atoms with E-state index < -0.39 is 0 Å². The predicted octanol–water partition coefficient (Wildman–Crippen LogP) is 4.81. The van der Waals surface area contributed by atoms with Crippen molar-refractivity contribution in [1.82, 2.24) is 20.1 Å². The molecule has 27 heavy (non-hydrogen) atoms. The van der Waals surface area contributed by atoms with Crippen LogP contribution in [0.1, 0.15) is 71.8 Å². The number of benzene rings is 1. The van der Waals surface area contributed by atoms with Crippen molar-refractivity contribution in [1.29, 1.82) is 0 Å². The first-order valence-corrected chi connectivity index (χ1v) is 10.1. The van der Waals surface area contributed by atoms with E-state index in [-0.39, 0.29) is 11.8 Å². The fraction of sp³-hybridized carbons (Fsp3) is 0.381. The van der Waals surface area contributed by atoms with Crippen LogP contribution >= 0.6 is 11.3 Å². The normalized spacial score (nSPS) is 11.4. The predicted molar refractivity (Wildman–Crippen MR) is 110 cm³/mol. The molecule has 1 amide bonds. The highest BCUT2D eigenvalue weighted by molar-refractivity contribution is 7.09. The number of nitrogens with one attached hydrogen (secondary N) is 1. The molecule has 1 aromatic carbocycles. The maximum absolute atomic E-state index is 12.8. The molecule has 0 aliphatic rings. The Kier molecular flexibility index (Phi) is 5.75. The molecule has 6 heteroatoms. The Morgan fingerprint density at radius 2 is 1.85 bits per heavy atom. The van der Waals surface area contributed by atoms with Gasteiger partial charge >= 0.3 is 0 Å². The first-order valence-electron chi connectivity index (χ1n) is 9.24. The van der Waals surface area contributed by atoms with E-state index in [1.165, 1.54) is 5.56 Å². The van der Waals surface area contributed by atoms with Gasteiger partial charge in [-0.15, -0.1) is 11.3 Å². The minimum atomic E-state index is -0.115. The number of aromatic nitrogens is 3. The van der Waals surface area contributed by atoms with E-state index >= 15 is 0 Å². The number of carbonyl (C=O) groups is 1. The molecule has 3 aromatic rings. The minimum Gasteiger partial charge on any atom is -0.346 e. The molecule has 0 spiro atoms. The number of thiazole rings is 1. The van der Waals surface area contributed by atoms with Gasteiger partial charge in [-0.2, -0.15) is 5.10 Å². The number of hydrogen-bond acceptors (Lipinski definition) is 4. The second-order valence-corrected chi connectivity index (χ2v) is 8.25. The molecule has 142 valence electrons. The van der Waals surface area contributed by atoms with Gasteiger partial charge < -0.3 is 5.32 Å². The van der Waals surface area contributed by atoms with Crippen LogP contribution in [0, 0.1) is 6.92 Å². The van der Waals surface area contributed by atoms with Crippen LogP contribution < -0.4 is 5.32 Å². The maximum Gasteiger partial charge on any atom is 0.255 e. The van der Waals surface area contributed by atoms with Crippen molar-refractivity contribution in [2.75, 3.05) is 0 Å². The summed E-state index contributed by atoms with van der Waals surface area (Å²) in [6.07, 6.45) is 1.66. The van der Waals surface area contributed by atoms with E-state index in [1.54, 1.807) is 17.5 Å². The van der Waals surface area contributed by atoms with Gasteiger partial charge in [-0.1, -0.05) is 45.4 Å². The zero-order valence-corrected chi connectivity index (χ0v) is 17.3. The molecule has 0 radical (unpaired) electrons. The lowest BCUT2D eigenvalue weighted by atomic mass is 10.0. The summed E-state index contributed by atoms with van der Waals surface area (Å²) in [6.45, 7) is 10.9. The van der Waals surface area contributed by atoms with E-state index in [0.29, 0.717) is 18.0 Å².